The molecule has 0 amide bonds. The lowest BCUT2D eigenvalue weighted by molar-refractivity contribution is 0.250. The van der Waals surface area contributed by atoms with Gasteiger partial charge in [0.05, 0.1) is 23.6 Å². The fourth-order valence-corrected chi connectivity index (χ4v) is 4.48. The fourth-order valence-electron chi connectivity index (χ4n) is 4.48. The third-order valence-corrected chi connectivity index (χ3v) is 5.89. The van der Waals surface area contributed by atoms with Crippen molar-refractivity contribution in [1.29, 1.82) is 0 Å². The quantitative estimate of drug-likeness (QED) is 0.717. The molecule has 0 aromatic carbocycles. The van der Waals surface area contributed by atoms with Gasteiger partial charge in [0.2, 0.25) is 5.95 Å². The molecule has 5 heterocycles. The standard InChI is InChI=1S/C19H24N8/c1-12(2)26-11-23-14-8-22-17(5-15(14)26)24-16-3-4-21-18(25-16)27-9-13-6-19(27,7-13)10-20/h3-5,8,11-13H,6-7,9-10,20H2,1-2H3,(H,21,22,24,25). The number of nitrogens with zero attached hydrogens (tertiary/aromatic N) is 6. The Morgan fingerprint density at radius 2 is 2.11 bits per heavy atom. The first kappa shape index (κ1) is 16.4. The van der Waals surface area contributed by atoms with Crippen molar-refractivity contribution < 1.29 is 0 Å². The van der Waals surface area contributed by atoms with E-state index in [1.807, 2.05) is 18.5 Å². The molecule has 3 aromatic heterocycles. The molecule has 6 rings (SSSR count). The maximum absolute atomic E-state index is 6.05. The fraction of sp³-hybridized carbons (Fsp3) is 0.474. The molecule has 27 heavy (non-hydrogen) atoms. The molecule has 3 aliphatic rings. The summed E-state index contributed by atoms with van der Waals surface area (Å²) in [5.74, 6) is 2.96. The van der Waals surface area contributed by atoms with E-state index in [0.29, 0.717) is 12.6 Å². The van der Waals surface area contributed by atoms with Crippen LogP contribution in [0.25, 0.3) is 11.0 Å². The Hall–Kier alpha value is -2.74. The van der Waals surface area contributed by atoms with Crippen LogP contribution in [0.4, 0.5) is 17.6 Å². The van der Waals surface area contributed by atoms with Crippen molar-refractivity contribution in [2.24, 2.45) is 11.7 Å². The van der Waals surface area contributed by atoms with Crippen molar-refractivity contribution in [2.75, 3.05) is 23.3 Å². The molecule has 3 fully saturated rings. The van der Waals surface area contributed by atoms with Gasteiger partial charge in [-0.25, -0.2) is 15.0 Å². The topological polar surface area (TPSA) is 97.8 Å². The van der Waals surface area contributed by atoms with E-state index < -0.39 is 0 Å². The van der Waals surface area contributed by atoms with Gasteiger partial charge < -0.3 is 20.5 Å². The number of rotatable bonds is 5. The van der Waals surface area contributed by atoms with Gasteiger partial charge >= 0.3 is 0 Å². The van der Waals surface area contributed by atoms with Crippen LogP contribution >= 0.6 is 0 Å². The molecule has 0 radical (unpaired) electrons. The first-order valence-electron chi connectivity index (χ1n) is 9.48. The molecule has 2 aliphatic heterocycles. The normalized spacial score (nSPS) is 23.9. The van der Waals surface area contributed by atoms with Crippen LogP contribution in [0, 0.1) is 5.92 Å². The van der Waals surface area contributed by atoms with Crippen LogP contribution in [0.1, 0.15) is 32.7 Å². The Morgan fingerprint density at radius 3 is 2.89 bits per heavy atom. The number of imidazole rings is 1. The molecule has 140 valence electrons. The van der Waals surface area contributed by atoms with Crippen LogP contribution in [0.3, 0.4) is 0 Å². The zero-order valence-corrected chi connectivity index (χ0v) is 15.6. The van der Waals surface area contributed by atoms with Crippen LogP contribution in [-0.4, -0.2) is 43.1 Å². The van der Waals surface area contributed by atoms with E-state index in [1.54, 1.807) is 12.4 Å². The number of fused-ring (bicyclic) bond motifs is 2. The zero-order chi connectivity index (χ0) is 18.6. The summed E-state index contributed by atoms with van der Waals surface area (Å²) < 4.78 is 2.13. The number of pyridine rings is 1. The molecular formula is C19H24N8. The van der Waals surface area contributed by atoms with Crippen molar-refractivity contribution in [3.05, 3.63) is 30.9 Å². The van der Waals surface area contributed by atoms with E-state index in [1.165, 1.54) is 0 Å². The van der Waals surface area contributed by atoms with Gasteiger partial charge in [0.1, 0.15) is 17.2 Å². The second kappa shape index (κ2) is 5.88. The molecular weight excluding hydrogens is 340 g/mol. The van der Waals surface area contributed by atoms with Gasteiger partial charge in [-0.1, -0.05) is 0 Å². The smallest absolute Gasteiger partial charge is 0.227 e. The monoisotopic (exact) mass is 364 g/mol. The minimum atomic E-state index is 0.0597. The summed E-state index contributed by atoms with van der Waals surface area (Å²) >= 11 is 0. The summed E-state index contributed by atoms with van der Waals surface area (Å²) in [7, 11) is 0. The molecule has 0 atom stereocenters. The predicted molar refractivity (Wildman–Crippen MR) is 105 cm³/mol. The zero-order valence-electron chi connectivity index (χ0n) is 15.6. The highest BCUT2D eigenvalue weighted by Gasteiger charge is 2.56. The summed E-state index contributed by atoms with van der Waals surface area (Å²) in [5, 5.41) is 3.31. The number of nitrogens with one attached hydrogen (secondary N) is 1. The number of aromatic nitrogens is 5. The average molecular weight is 364 g/mol. The Labute approximate surface area is 157 Å². The van der Waals surface area contributed by atoms with Gasteiger partial charge in [-0.05, 0) is 38.7 Å². The van der Waals surface area contributed by atoms with E-state index in [-0.39, 0.29) is 5.54 Å². The van der Waals surface area contributed by atoms with E-state index in [0.717, 1.165) is 53.9 Å². The lowest BCUT2D eigenvalue weighted by Gasteiger charge is -2.41. The lowest BCUT2D eigenvalue weighted by atomic mass is 9.73. The second-order valence-corrected chi connectivity index (χ2v) is 7.98. The van der Waals surface area contributed by atoms with Crippen molar-refractivity contribution in [3.8, 4) is 0 Å². The summed E-state index contributed by atoms with van der Waals surface area (Å²) in [6, 6.07) is 4.22. The first-order chi connectivity index (χ1) is 13.1. The Kier molecular flexibility index (Phi) is 3.58. The van der Waals surface area contributed by atoms with Gasteiger partial charge in [0.15, 0.2) is 0 Å². The van der Waals surface area contributed by atoms with E-state index in [4.69, 9.17) is 10.7 Å². The molecule has 1 saturated carbocycles. The van der Waals surface area contributed by atoms with Crippen molar-refractivity contribution in [3.63, 3.8) is 0 Å². The molecule has 8 heteroatoms. The molecule has 2 saturated heterocycles. The maximum Gasteiger partial charge on any atom is 0.227 e. The third kappa shape index (κ3) is 2.55. The highest BCUT2D eigenvalue weighted by atomic mass is 15.4. The lowest BCUT2D eigenvalue weighted by Crippen LogP contribution is -2.52. The first-order valence-corrected chi connectivity index (χ1v) is 9.48. The number of hydrogen-bond donors (Lipinski definition) is 2. The molecule has 0 spiro atoms. The van der Waals surface area contributed by atoms with E-state index >= 15 is 0 Å². The Morgan fingerprint density at radius 1 is 1.26 bits per heavy atom. The summed E-state index contributed by atoms with van der Waals surface area (Å²) in [4.78, 5) is 20.4. The number of hydrogen-bond acceptors (Lipinski definition) is 7. The minimum Gasteiger partial charge on any atom is -0.334 e. The molecule has 3 aromatic rings. The minimum absolute atomic E-state index is 0.0597. The van der Waals surface area contributed by atoms with Gasteiger partial charge in [0, 0.05) is 31.4 Å². The summed E-state index contributed by atoms with van der Waals surface area (Å²) in [6.45, 7) is 5.93. The summed E-state index contributed by atoms with van der Waals surface area (Å²) in [6.07, 6.45) is 7.75. The van der Waals surface area contributed by atoms with Crippen LogP contribution in [0.5, 0.6) is 0 Å². The van der Waals surface area contributed by atoms with Crippen LogP contribution in [0.15, 0.2) is 30.9 Å². The SMILES string of the molecule is CC(C)n1cnc2cnc(Nc3ccnc(N4CC5CC4(CN)C5)n3)cc21. The molecule has 8 nitrogen and oxygen atoms in total. The average Bonchev–Trinajstić information content (AvgIpc) is 3.32. The highest BCUT2D eigenvalue weighted by molar-refractivity contribution is 5.78. The van der Waals surface area contributed by atoms with Gasteiger partial charge in [-0.3, -0.25) is 0 Å². The van der Waals surface area contributed by atoms with Gasteiger partial charge in [0.25, 0.3) is 0 Å². The Balaban J connectivity index is 1.43. The van der Waals surface area contributed by atoms with Gasteiger partial charge in [-0.15, -0.1) is 0 Å². The maximum atomic E-state index is 6.05. The van der Waals surface area contributed by atoms with Crippen molar-refractivity contribution in [2.45, 2.75) is 38.3 Å². The Bertz CT molecular complexity index is 988. The van der Waals surface area contributed by atoms with Crippen LogP contribution < -0.4 is 16.0 Å². The molecule has 1 aliphatic carbocycles. The second-order valence-electron chi connectivity index (χ2n) is 7.98. The van der Waals surface area contributed by atoms with E-state index in [2.05, 4.69) is 43.6 Å². The predicted octanol–water partition coefficient (Wildman–Crippen LogP) is 2.47. The molecule has 3 N–H and O–H groups in total. The summed E-state index contributed by atoms with van der Waals surface area (Å²) in [5.41, 5.74) is 8.05. The van der Waals surface area contributed by atoms with E-state index in [9.17, 15) is 0 Å². The van der Waals surface area contributed by atoms with Crippen molar-refractivity contribution >= 4 is 28.6 Å². The number of anilines is 3. The third-order valence-electron chi connectivity index (χ3n) is 5.89. The van der Waals surface area contributed by atoms with Crippen molar-refractivity contribution in [1.82, 2.24) is 24.5 Å². The van der Waals surface area contributed by atoms with Crippen LogP contribution in [0.2, 0.25) is 0 Å². The number of nitrogens with two attached hydrogens (primary N) is 1. The highest BCUT2D eigenvalue weighted by Crippen LogP contribution is 2.50. The van der Waals surface area contributed by atoms with Gasteiger partial charge in [-0.2, -0.15) is 4.98 Å². The molecule has 2 bridgehead atoms. The van der Waals surface area contributed by atoms with Crippen LogP contribution in [-0.2, 0) is 0 Å². The largest absolute Gasteiger partial charge is 0.334 e. The molecule has 0 unspecified atom stereocenters.